The summed E-state index contributed by atoms with van der Waals surface area (Å²) in [7, 11) is 0. The second-order valence-electron chi connectivity index (χ2n) is 7.16. The highest BCUT2D eigenvalue weighted by atomic mass is 19.4. The standard InChI is InChI=1S/C20H21F3N6/c1-13-8-17(14-11-26-29(12-14)16-3-5-24-6-4-16)27-19(9-13)28-18-10-15(2-7-25-18)20(21,22)23/h2,7-12,16,24H,3-6H2,1H3,(H,25,27,28). The molecule has 6 nitrogen and oxygen atoms in total. The number of nitrogens with zero attached hydrogens (tertiary/aromatic N) is 4. The summed E-state index contributed by atoms with van der Waals surface area (Å²) >= 11 is 0. The first-order chi connectivity index (χ1) is 13.9. The molecule has 0 aromatic carbocycles. The molecule has 3 aromatic heterocycles. The van der Waals surface area contributed by atoms with Crippen LogP contribution in [0.15, 0.2) is 42.9 Å². The minimum Gasteiger partial charge on any atom is -0.325 e. The van der Waals surface area contributed by atoms with Gasteiger partial charge in [0, 0.05) is 18.0 Å². The number of aryl methyl sites for hydroxylation is 1. The number of anilines is 2. The molecule has 4 heterocycles. The third-order valence-corrected chi connectivity index (χ3v) is 4.89. The van der Waals surface area contributed by atoms with Gasteiger partial charge in [0.05, 0.1) is 23.5 Å². The van der Waals surface area contributed by atoms with Crippen LogP contribution in [0, 0.1) is 6.92 Å². The third-order valence-electron chi connectivity index (χ3n) is 4.89. The Kier molecular flexibility index (Phi) is 5.23. The topological polar surface area (TPSA) is 67.7 Å². The first kappa shape index (κ1) is 19.4. The molecule has 1 saturated heterocycles. The number of nitrogens with one attached hydrogen (secondary N) is 2. The summed E-state index contributed by atoms with van der Waals surface area (Å²) in [5, 5.41) is 10.7. The number of rotatable bonds is 4. The van der Waals surface area contributed by atoms with Gasteiger partial charge in [0.2, 0.25) is 0 Å². The van der Waals surface area contributed by atoms with Gasteiger partial charge in [-0.15, -0.1) is 0 Å². The zero-order valence-corrected chi connectivity index (χ0v) is 15.9. The molecular weight excluding hydrogens is 381 g/mol. The van der Waals surface area contributed by atoms with Gasteiger partial charge in [-0.1, -0.05) is 0 Å². The maximum Gasteiger partial charge on any atom is 0.416 e. The van der Waals surface area contributed by atoms with E-state index < -0.39 is 11.7 Å². The third kappa shape index (κ3) is 4.56. The summed E-state index contributed by atoms with van der Waals surface area (Å²) in [5.41, 5.74) is 1.75. The second-order valence-corrected chi connectivity index (χ2v) is 7.16. The summed E-state index contributed by atoms with van der Waals surface area (Å²) < 4.78 is 40.8. The van der Waals surface area contributed by atoms with Gasteiger partial charge >= 0.3 is 6.18 Å². The molecule has 0 amide bonds. The van der Waals surface area contributed by atoms with Crippen molar-refractivity contribution in [3.63, 3.8) is 0 Å². The van der Waals surface area contributed by atoms with Gasteiger partial charge in [-0.3, -0.25) is 4.68 Å². The number of aromatic nitrogens is 4. The van der Waals surface area contributed by atoms with Crippen LogP contribution in [0.4, 0.5) is 24.8 Å². The molecule has 1 aliphatic heterocycles. The van der Waals surface area contributed by atoms with Crippen LogP contribution in [0.2, 0.25) is 0 Å². The fourth-order valence-electron chi connectivity index (χ4n) is 3.43. The van der Waals surface area contributed by atoms with E-state index in [0.29, 0.717) is 17.6 Å². The van der Waals surface area contributed by atoms with Crippen LogP contribution < -0.4 is 10.6 Å². The zero-order valence-electron chi connectivity index (χ0n) is 15.9. The average molecular weight is 402 g/mol. The maximum atomic E-state index is 12.9. The lowest BCUT2D eigenvalue weighted by atomic mass is 10.1. The SMILES string of the molecule is Cc1cc(Nc2cc(C(F)(F)F)ccn2)nc(-c2cnn(C3CCNCC3)c2)c1. The van der Waals surface area contributed by atoms with Crippen LogP contribution in [0.5, 0.6) is 0 Å². The van der Waals surface area contributed by atoms with E-state index >= 15 is 0 Å². The maximum absolute atomic E-state index is 12.9. The number of pyridine rings is 2. The van der Waals surface area contributed by atoms with E-state index in [1.165, 1.54) is 0 Å². The van der Waals surface area contributed by atoms with Crippen LogP contribution in [-0.2, 0) is 6.18 Å². The lowest BCUT2D eigenvalue weighted by Crippen LogP contribution is -2.29. The molecule has 9 heteroatoms. The van der Waals surface area contributed by atoms with Gasteiger partial charge in [-0.2, -0.15) is 18.3 Å². The van der Waals surface area contributed by atoms with Gasteiger partial charge in [-0.25, -0.2) is 9.97 Å². The van der Waals surface area contributed by atoms with Crippen molar-refractivity contribution < 1.29 is 13.2 Å². The van der Waals surface area contributed by atoms with Crippen molar-refractivity contribution in [2.24, 2.45) is 0 Å². The zero-order chi connectivity index (χ0) is 20.4. The Morgan fingerprint density at radius 1 is 1.14 bits per heavy atom. The normalized spacial score (nSPS) is 15.4. The number of piperidine rings is 1. The van der Waals surface area contributed by atoms with Crippen molar-refractivity contribution in [2.75, 3.05) is 18.4 Å². The Labute approximate surface area is 166 Å². The number of halogens is 3. The fraction of sp³-hybridized carbons (Fsp3) is 0.350. The Hall–Kier alpha value is -2.94. The molecule has 0 radical (unpaired) electrons. The average Bonchev–Trinajstić information content (AvgIpc) is 3.18. The summed E-state index contributed by atoms with van der Waals surface area (Å²) in [6.45, 7) is 3.86. The van der Waals surface area contributed by atoms with Crippen molar-refractivity contribution >= 4 is 11.6 Å². The van der Waals surface area contributed by atoms with Crippen LogP contribution in [0.25, 0.3) is 11.3 Å². The van der Waals surface area contributed by atoms with Crippen molar-refractivity contribution in [3.05, 3.63) is 54.0 Å². The molecule has 29 heavy (non-hydrogen) atoms. The number of alkyl halides is 3. The summed E-state index contributed by atoms with van der Waals surface area (Å²) in [5.74, 6) is 0.524. The highest BCUT2D eigenvalue weighted by Gasteiger charge is 2.30. The molecule has 0 unspecified atom stereocenters. The van der Waals surface area contributed by atoms with Crippen LogP contribution in [0.3, 0.4) is 0 Å². The van der Waals surface area contributed by atoms with E-state index in [0.717, 1.165) is 55.4 Å². The fourth-order valence-corrected chi connectivity index (χ4v) is 3.43. The Morgan fingerprint density at radius 2 is 1.93 bits per heavy atom. The van der Waals surface area contributed by atoms with Crippen molar-refractivity contribution in [2.45, 2.75) is 32.0 Å². The smallest absolute Gasteiger partial charge is 0.325 e. The summed E-state index contributed by atoms with van der Waals surface area (Å²) in [4.78, 5) is 8.52. The van der Waals surface area contributed by atoms with E-state index in [2.05, 4.69) is 25.7 Å². The molecule has 1 fully saturated rings. The Balaban J connectivity index is 1.58. The van der Waals surface area contributed by atoms with Gasteiger partial charge in [-0.05, 0) is 62.7 Å². The lowest BCUT2D eigenvalue weighted by molar-refractivity contribution is -0.137. The van der Waals surface area contributed by atoms with Crippen LogP contribution in [0.1, 0.15) is 30.0 Å². The Bertz CT molecular complexity index is 992. The predicted molar refractivity (Wildman–Crippen MR) is 104 cm³/mol. The highest BCUT2D eigenvalue weighted by molar-refractivity contribution is 5.63. The Morgan fingerprint density at radius 3 is 2.69 bits per heavy atom. The largest absolute Gasteiger partial charge is 0.416 e. The van der Waals surface area contributed by atoms with E-state index in [9.17, 15) is 13.2 Å². The highest BCUT2D eigenvalue weighted by Crippen LogP contribution is 2.31. The quantitative estimate of drug-likeness (QED) is 0.680. The molecule has 2 N–H and O–H groups in total. The van der Waals surface area contributed by atoms with Gasteiger partial charge < -0.3 is 10.6 Å². The molecule has 0 spiro atoms. The summed E-state index contributed by atoms with van der Waals surface area (Å²) in [6, 6.07) is 5.97. The first-order valence-electron chi connectivity index (χ1n) is 9.43. The predicted octanol–water partition coefficient (Wildman–Crippen LogP) is 4.34. The van der Waals surface area contributed by atoms with E-state index in [-0.39, 0.29) is 5.82 Å². The molecule has 152 valence electrons. The van der Waals surface area contributed by atoms with Gasteiger partial charge in [0.1, 0.15) is 11.6 Å². The number of hydrogen-bond acceptors (Lipinski definition) is 5. The van der Waals surface area contributed by atoms with Crippen molar-refractivity contribution in [1.29, 1.82) is 0 Å². The van der Waals surface area contributed by atoms with Crippen molar-refractivity contribution in [3.8, 4) is 11.3 Å². The summed E-state index contributed by atoms with van der Waals surface area (Å²) in [6.07, 6.45) is 2.51. The van der Waals surface area contributed by atoms with E-state index in [4.69, 9.17) is 0 Å². The van der Waals surface area contributed by atoms with E-state index in [1.807, 2.05) is 23.9 Å². The number of hydrogen-bond donors (Lipinski definition) is 2. The molecule has 0 saturated carbocycles. The van der Waals surface area contributed by atoms with Crippen molar-refractivity contribution in [1.82, 2.24) is 25.1 Å². The molecule has 0 atom stereocenters. The molecule has 0 bridgehead atoms. The molecule has 4 rings (SSSR count). The van der Waals surface area contributed by atoms with E-state index in [1.54, 1.807) is 12.3 Å². The van der Waals surface area contributed by atoms with Crippen LogP contribution in [-0.4, -0.2) is 32.8 Å². The monoisotopic (exact) mass is 402 g/mol. The molecule has 0 aliphatic carbocycles. The second kappa shape index (κ2) is 7.82. The lowest BCUT2D eigenvalue weighted by Gasteiger charge is -2.22. The minimum absolute atomic E-state index is 0.0919. The van der Waals surface area contributed by atoms with Gasteiger partial charge in [0.25, 0.3) is 0 Å². The minimum atomic E-state index is -4.42. The molecular formula is C20H21F3N6. The van der Waals surface area contributed by atoms with Crippen LogP contribution >= 0.6 is 0 Å². The first-order valence-corrected chi connectivity index (χ1v) is 9.43. The molecule has 1 aliphatic rings. The van der Waals surface area contributed by atoms with Gasteiger partial charge in [0.15, 0.2) is 0 Å². The molecule has 3 aromatic rings.